The van der Waals surface area contributed by atoms with Gasteiger partial charge in [-0.05, 0) is 31.3 Å². The first kappa shape index (κ1) is 13.3. The van der Waals surface area contributed by atoms with E-state index < -0.39 is 0 Å². The second-order valence-corrected chi connectivity index (χ2v) is 4.35. The Morgan fingerprint density at radius 3 is 2.81 bits per heavy atom. The van der Waals surface area contributed by atoms with E-state index in [1.807, 2.05) is 31.3 Å². The van der Waals surface area contributed by atoms with Crippen molar-refractivity contribution in [2.75, 3.05) is 7.05 Å². The lowest BCUT2D eigenvalue weighted by Crippen LogP contribution is -2.04. The Morgan fingerprint density at radius 1 is 1.14 bits per heavy atom. The van der Waals surface area contributed by atoms with Gasteiger partial charge in [0.05, 0.1) is 6.54 Å². The van der Waals surface area contributed by atoms with E-state index in [1.165, 1.54) is 0 Å². The van der Waals surface area contributed by atoms with Crippen LogP contribution in [0.4, 0.5) is 0 Å². The van der Waals surface area contributed by atoms with Crippen molar-refractivity contribution in [2.45, 2.75) is 6.54 Å². The molecule has 0 aliphatic carbocycles. The topological polar surface area (TPSA) is 73.1 Å². The van der Waals surface area contributed by atoms with Crippen molar-refractivity contribution in [3.8, 4) is 22.9 Å². The van der Waals surface area contributed by atoms with Gasteiger partial charge >= 0.3 is 0 Å². The number of hydrogen-bond acceptors (Lipinski definition) is 6. The molecule has 3 rings (SSSR count). The van der Waals surface area contributed by atoms with E-state index in [4.69, 9.17) is 9.26 Å². The molecule has 0 bridgehead atoms. The summed E-state index contributed by atoms with van der Waals surface area (Å²) in [6.07, 6.45) is 3.37. The van der Waals surface area contributed by atoms with Gasteiger partial charge in [-0.15, -0.1) is 0 Å². The third kappa shape index (κ3) is 3.24. The minimum Gasteiger partial charge on any atom is -0.457 e. The fourth-order valence-corrected chi connectivity index (χ4v) is 1.84. The van der Waals surface area contributed by atoms with Gasteiger partial charge in [0, 0.05) is 18.0 Å². The van der Waals surface area contributed by atoms with E-state index in [2.05, 4.69) is 20.4 Å². The quantitative estimate of drug-likeness (QED) is 0.775. The maximum Gasteiger partial charge on any atom is 0.240 e. The highest BCUT2D eigenvalue weighted by Crippen LogP contribution is 2.25. The van der Waals surface area contributed by atoms with Gasteiger partial charge in [-0.3, -0.25) is 4.98 Å². The molecule has 3 aromatic rings. The monoisotopic (exact) mass is 282 g/mol. The first-order valence-electron chi connectivity index (χ1n) is 6.50. The van der Waals surface area contributed by atoms with Crippen LogP contribution in [0.1, 0.15) is 5.89 Å². The molecule has 2 heterocycles. The van der Waals surface area contributed by atoms with Crippen molar-refractivity contribution in [1.29, 1.82) is 0 Å². The average molecular weight is 282 g/mol. The fourth-order valence-electron chi connectivity index (χ4n) is 1.84. The predicted molar refractivity (Wildman–Crippen MR) is 76.8 cm³/mol. The van der Waals surface area contributed by atoms with Crippen molar-refractivity contribution in [3.63, 3.8) is 0 Å². The number of ether oxygens (including phenoxy) is 1. The summed E-state index contributed by atoms with van der Waals surface area (Å²) in [5, 5.41) is 6.93. The van der Waals surface area contributed by atoms with E-state index in [-0.39, 0.29) is 0 Å². The number of rotatable bonds is 5. The summed E-state index contributed by atoms with van der Waals surface area (Å²) < 4.78 is 10.9. The summed E-state index contributed by atoms with van der Waals surface area (Å²) in [5.74, 6) is 2.53. The lowest BCUT2D eigenvalue weighted by atomic mass is 10.2. The van der Waals surface area contributed by atoms with Crippen LogP contribution in [0.25, 0.3) is 11.4 Å². The Kier molecular flexibility index (Phi) is 3.88. The minimum absolute atomic E-state index is 0.542. The number of pyridine rings is 1. The maximum absolute atomic E-state index is 5.76. The molecule has 0 amide bonds. The van der Waals surface area contributed by atoms with Gasteiger partial charge in [0.2, 0.25) is 11.7 Å². The lowest BCUT2D eigenvalue weighted by Gasteiger charge is -2.05. The number of aromatic nitrogens is 3. The van der Waals surface area contributed by atoms with E-state index in [9.17, 15) is 0 Å². The predicted octanol–water partition coefficient (Wildman–Crippen LogP) is 2.64. The summed E-state index contributed by atoms with van der Waals surface area (Å²) in [6, 6.07) is 11.1. The number of nitrogens with one attached hydrogen (secondary N) is 1. The zero-order valence-electron chi connectivity index (χ0n) is 11.5. The lowest BCUT2D eigenvalue weighted by molar-refractivity contribution is 0.372. The van der Waals surface area contributed by atoms with Crippen LogP contribution in [-0.2, 0) is 6.54 Å². The largest absolute Gasteiger partial charge is 0.457 e. The highest BCUT2D eigenvalue weighted by atomic mass is 16.5. The van der Waals surface area contributed by atoms with Crippen molar-refractivity contribution < 1.29 is 9.26 Å². The van der Waals surface area contributed by atoms with Crippen LogP contribution < -0.4 is 10.1 Å². The van der Waals surface area contributed by atoms with E-state index in [0.29, 0.717) is 24.0 Å². The second kappa shape index (κ2) is 6.15. The molecular formula is C15H14N4O2. The third-order valence-electron chi connectivity index (χ3n) is 2.77. The Bertz CT molecular complexity index is 712. The van der Waals surface area contributed by atoms with Crippen LogP contribution in [0.3, 0.4) is 0 Å². The zero-order chi connectivity index (χ0) is 14.5. The van der Waals surface area contributed by atoms with Gasteiger partial charge in [-0.25, -0.2) is 0 Å². The normalized spacial score (nSPS) is 10.5. The average Bonchev–Trinajstić information content (AvgIpc) is 2.98. The summed E-state index contributed by atoms with van der Waals surface area (Å²) in [4.78, 5) is 8.27. The molecule has 0 fully saturated rings. The minimum atomic E-state index is 0.542. The van der Waals surface area contributed by atoms with E-state index >= 15 is 0 Å². The zero-order valence-corrected chi connectivity index (χ0v) is 11.5. The van der Waals surface area contributed by atoms with Gasteiger partial charge in [0.1, 0.15) is 11.5 Å². The molecule has 0 spiro atoms. The Morgan fingerprint density at radius 2 is 2.00 bits per heavy atom. The first-order chi connectivity index (χ1) is 10.3. The van der Waals surface area contributed by atoms with Crippen molar-refractivity contribution in [2.24, 2.45) is 0 Å². The number of nitrogens with zero attached hydrogens (tertiary/aromatic N) is 3. The first-order valence-corrected chi connectivity index (χ1v) is 6.50. The van der Waals surface area contributed by atoms with E-state index in [0.717, 1.165) is 11.3 Å². The maximum atomic E-state index is 5.76. The molecule has 21 heavy (non-hydrogen) atoms. The highest BCUT2D eigenvalue weighted by Gasteiger charge is 2.09. The van der Waals surface area contributed by atoms with Crippen LogP contribution >= 0.6 is 0 Å². The Balaban J connectivity index is 1.82. The molecule has 106 valence electrons. The number of benzene rings is 1. The molecule has 1 N–H and O–H groups in total. The van der Waals surface area contributed by atoms with Gasteiger partial charge in [-0.1, -0.05) is 17.3 Å². The molecule has 0 unspecified atom stereocenters. The standard InChI is InChI=1S/C15H14N4O2/c1-16-10-14-18-15(19-21-14)11-3-2-4-13(9-11)20-12-5-7-17-8-6-12/h2-9,16H,10H2,1H3. The fraction of sp³-hybridized carbons (Fsp3) is 0.133. The Hall–Kier alpha value is -2.73. The molecule has 0 aliphatic heterocycles. The molecule has 2 aromatic heterocycles. The summed E-state index contributed by atoms with van der Waals surface area (Å²) in [5.41, 5.74) is 0.840. The molecule has 1 aromatic carbocycles. The van der Waals surface area contributed by atoms with Gasteiger partial charge in [-0.2, -0.15) is 4.98 Å². The molecule has 0 aliphatic rings. The van der Waals surface area contributed by atoms with Crippen molar-refractivity contribution in [3.05, 3.63) is 54.7 Å². The third-order valence-corrected chi connectivity index (χ3v) is 2.77. The number of hydrogen-bond donors (Lipinski definition) is 1. The van der Waals surface area contributed by atoms with Gasteiger partial charge in [0.15, 0.2) is 0 Å². The van der Waals surface area contributed by atoms with Crippen LogP contribution in [-0.4, -0.2) is 22.2 Å². The van der Waals surface area contributed by atoms with Crippen molar-refractivity contribution >= 4 is 0 Å². The van der Waals surface area contributed by atoms with E-state index in [1.54, 1.807) is 24.5 Å². The van der Waals surface area contributed by atoms with Crippen LogP contribution in [0, 0.1) is 0 Å². The smallest absolute Gasteiger partial charge is 0.240 e. The Labute approximate surface area is 121 Å². The molecule has 0 radical (unpaired) electrons. The highest BCUT2D eigenvalue weighted by molar-refractivity contribution is 5.57. The van der Waals surface area contributed by atoms with Crippen LogP contribution in [0.15, 0.2) is 53.3 Å². The summed E-state index contributed by atoms with van der Waals surface area (Å²) in [6.45, 7) is 0.542. The summed E-state index contributed by atoms with van der Waals surface area (Å²) >= 11 is 0. The van der Waals surface area contributed by atoms with Crippen LogP contribution in [0.5, 0.6) is 11.5 Å². The van der Waals surface area contributed by atoms with Gasteiger partial charge in [0.25, 0.3) is 0 Å². The van der Waals surface area contributed by atoms with Gasteiger partial charge < -0.3 is 14.6 Å². The molecule has 0 saturated carbocycles. The second-order valence-electron chi connectivity index (χ2n) is 4.35. The summed E-state index contributed by atoms with van der Waals surface area (Å²) in [7, 11) is 1.83. The SMILES string of the molecule is CNCc1nc(-c2cccc(Oc3ccncc3)c2)no1. The molecular weight excluding hydrogens is 268 g/mol. The molecule has 6 heteroatoms. The van der Waals surface area contributed by atoms with Crippen LogP contribution in [0.2, 0.25) is 0 Å². The molecule has 0 saturated heterocycles. The molecule has 0 atom stereocenters. The molecule has 6 nitrogen and oxygen atoms in total. The van der Waals surface area contributed by atoms with Crippen molar-refractivity contribution in [1.82, 2.24) is 20.4 Å².